The third-order valence-electron chi connectivity index (χ3n) is 4.63. The van der Waals surface area contributed by atoms with Gasteiger partial charge in [0.15, 0.2) is 5.82 Å². The van der Waals surface area contributed by atoms with E-state index in [4.69, 9.17) is 4.74 Å². The summed E-state index contributed by atoms with van der Waals surface area (Å²) in [4.78, 5) is 0. The first-order valence-corrected chi connectivity index (χ1v) is 8.63. The zero-order valence-electron chi connectivity index (χ0n) is 14.4. The third kappa shape index (κ3) is 2.92. The van der Waals surface area contributed by atoms with Gasteiger partial charge >= 0.3 is 0 Å². The number of ether oxygens (including phenoxy) is 1. The number of aromatic nitrogens is 2. The van der Waals surface area contributed by atoms with Crippen LogP contribution in [0.3, 0.4) is 0 Å². The van der Waals surface area contributed by atoms with E-state index in [0.717, 1.165) is 60.3 Å². The van der Waals surface area contributed by atoms with Gasteiger partial charge in [-0.2, -0.15) is 5.10 Å². The number of rotatable bonds is 3. The number of hydrogen-bond donors (Lipinski definition) is 1. The van der Waals surface area contributed by atoms with E-state index in [0.29, 0.717) is 0 Å². The van der Waals surface area contributed by atoms with E-state index in [1.54, 1.807) is 11.8 Å². The number of methoxy groups -OCH3 is 1. The van der Waals surface area contributed by atoms with Gasteiger partial charge < -0.3 is 10.1 Å². The van der Waals surface area contributed by atoms with Crippen LogP contribution in [-0.4, -0.2) is 23.4 Å². The van der Waals surface area contributed by atoms with E-state index in [9.17, 15) is 8.78 Å². The highest BCUT2D eigenvalue weighted by Gasteiger charge is 2.23. The molecule has 1 aliphatic rings. The number of anilines is 1. The lowest BCUT2D eigenvalue weighted by molar-refractivity contribution is 0.415. The van der Waals surface area contributed by atoms with Crippen LogP contribution in [-0.2, 0) is 6.42 Å². The van der Waals surface area contributed by atoms with E-state index < -0.39 is 11.6 Å². The molecule has 1 aromatic heterocycles. The molecule has 2 heterocycles. The minimum absolute atomic E-state index is 0.233. The predicted molar refractivity (Wildman–Crippen MR) is 96.9 cm³/mol. The smallest absolute Gasteiger partial charge is 0.151 e. The molecule has 0 aliphatic carbocycles. The predicted octanol–water partition coefficient (Wildman–Crippen LogP) is 4.57. The molecular weight excluding hydrogens is 336 g/mol. The van der Waals surface area contributed by atoms with Crippen LogP contribution in [0.25, 0.3) is 16.9 Å². The van der Waals surface area contributed by atoms with E-state index in [2.05, 4.69) is 10.4 Å². The Bertz CT molecular complexity index is 935. The molecule has 0 fully saturated rings. The summed E-state index contributed by atoms with van der Waals surface area (Å²) in [6.45, 7) is 0.795. The molecule has 1 N–H and O–H groups in total. The molecule has 26 heavy (non-hydrogen) atoms. The monoisotopic (exact) mass is 355 g/mol. The molecular formula is C20H19F2N3O. The Balaban J connectivity index is 1.88. The highest BCUT2D eigenvalue weighted by atomic mass is 19.1. The summed E-state index contributed by atoms with van der Waals surface area (Å²) in [5.74, 6) is 0.302. The van der Waals surface area contributed by atoms with Crippen molar-refractivity contribution in [2.45, 2.75) is 19.3 Å². The second-order valence-electron chi connectivity index (χ2n) is 6.30. The summed E-state index contributed by atoms with van der Waals surface area (Å²) < 4.78 is 34.5. The van der Waals surface area contributed by atoms with E-state index in [1.165, 1.54) is 12.1 Å². The average Bonchev–Trinajstić information content (AvgIpc) is 2.83. The van der Waals surface area contributed by atoms with Gasteiger partial charge in [-0.1, -0.05) is 0 Å². The lowest BCUT2D eigenvalue weighted by Gasteiger charge is -2.10. The molecule has 3 aromatic rings. The molecule has 2 aromatic carbocycles. The zero-order chi connectivity index (χ0) is 18.1. The summed E-state index contributed by atoms with van der Waals surface area (Å²) in [6, 6.07) is 11.2. The summed E-state index contributed by atoms with van der Waals surface area (Å²) in [5, 5.41) is 8.03. The lowest BCUT2D eigenvalue weighted by Crippen LogP contribution is -2.08. The SMILES string of the molecule is COc1ccc(-c2nn(-c3ccc(F)cc3F)c3c2CCCCN3)cc1. The zero-order valence-corrected chi connectivity index (χ0v) is 14.4. The molecule has 0 atom stereocenters. The number of nitrogens with one attached hydrogen (secondary N) is 1. The minimum Gasteiger partial charge on any atom is -0.497 e. The maximum atomic E-state index is 14.4. The Kier molecular flexibility index (Phi) is 4.32. The fourth-order valence-corrected chi connectivity index (χ4v) is 3.31. The summed E-state index contributed by atoms with van der Waals surface area (Å²) in [7, 11) is 1.62. The molecule has 0 bridgehead atoms. The molecule has 6 heteroatoms. The number of hydrogen-bond acceptors (Lipinski definition) is 3. The van der Waals surface area contributed by atoms with Crippen molar-refractivity contribution in [1.82, 2.24) is 9.78 Å². The van der Waals surface area contributed by atoms with Crippen molar-refractivity contribution in [3.8, 4) is 22.7 Å². The number of benzene rings is 2. The van der Waals surface area contributed by atoms with Crippen LogP contribution >= 0.6 is 0 Å². The molecule has 0 spiro atoms. The quantitative estimate of drug-likeness (QED) is 0.748. The fourth-order valence-electron chi connectivity index (χ4n) is 3.31. The molecule has 1 aliphatic heterocycles. The molecule has 0 radical (unpaired) electrons. The molecule has 0 saturated heterocycles. The second kappa shape index (κ2) is 6.78. The number of fused-ring (bicyclic) bond motifs is 1. The first-order chi connectivity index (χ1) is 12.7. The lowest BCUT2D eigenvalue weighted by atomic mass is 10.0. The van der Waals surface area contributed by atoms with Crippen molar-refractivity contribution in [3.05, 3.63) is 59.7 Å². The van der Waals surface area contributed by atoms with Crippen molar-refractivity contribution < 1.29 is 13.5 Å². The number of halogens is 2. The van der Waals surface area contributed by atoms with Crippen LogP contribution in [0.1, 0.15) is 18.4 Å². The molecule has 134 valence electrons. The van der Waals surface area contributed by atoms with Crippen molar-refractivity contribution in [1.29, 1.82) is 0 Å². The van der Waals surface area contributed by atoms with Crippen LogP contribution in [0.15, 0.2) is 42.5 Å². The Hall–Kier alpha value is -2.89. The first kappa shape index (κ1) is 16.6. The maximum absolute atomic E-state index is 14.4. The van der Waals surface area contributed by atoms with Gasteiger partial charge in [-0.3, -0.25) is 0 Å². The van der Waals surface area contributed by atoms with Gasteiger partial charge in [-0.05, 0) is 55.7 Å². The van der Waals surface area contributed by atoms with Crippen molar-refractivity contribution in [2.24, 2.45) is 0 Å². The first-order valence-electron chi connectivity index (χ1n) is 8.63. The van der Waals surface area contributed by atoms with Crippen molar-refractivity contribution in [3.63, 3.8) is 0 Å². The minimum atomic E-state index is -0.636. The highest BCUT2D eigenvalue weighted by Crippen LogP contribution is 2.35. The summed E-state index contributed by atoms with van der Waals surface area (Å²) >= 11 is 0. The average molecular weight is 355 g/mol. The Morgan fingerprint density at radius 3 is 2.62 bits per heavy atom. The van der Waals surface area contributed by atoms with E-state index in [-0.39, 0.29) is 5.69 Å². The van der Waals surface area contributed by atoms with Crippen LogP contribution in [0.2, 0.25) is 0 Å². The van der Waals surface area contributed by atoms with Gasteiger partial charge in [-0.25, -0.2) is 13.5 Å². The Labute approximate surface area is 150 Å². The number of nitrogens with zero attached hydrogens (tertiary/aromatic N) is 2. The van der Waals surface area contributed by atoms with Crippen LogP contribution < -0.4 is 10.1 Å². The van der Waals surface area contributed by atoms with Crippen LogP contribution in [0.5, 0.6) is 5.75 Å². The standard InChI is InChI=1S/C20H19F2N3O/c1-26-15-8-5-13(6-9-15)19-16-4-2-3-11-23-20(16)25(24-19)18-10-7-14(21)12-17(18)22/h5-10,12,23H,2-4,11H2,1H3. The third-order valence-corrected chi connectivity index (χ3v) is 4.63. The van der Waals surface area contributed by atoms with Crippen LogP contribution in [0, 0.1) is 11.6 Å². The van der Waals surface area contributed by atoms with Crippen molar-refractivity contribution in [2.75, 3.05) is 19.0 Å². The maximum Gasteiger partial charge on any atom is 0.151 e. The van der Waals surface area contributed by atoms with Crippen molar-refractivity contribution >= 4 is 5.82 Å². The highest BCUT2D eigenvalue weighted by molar-refractivity contribution is 5.71. The molecule has 0 saturated carbocycles. The van der Waals surface area contributed by atoms with Crippen LogP contribution in [0.4, 0.5) is 14.6 Å². The molecule has 4 nitrogen and oxygen atoms in total. The second-order valence-corrected chi connectivity index (χ2v) is 6.30. The van der Waals surface area contributed by atoms with Gasteiger partial charge in [0.25, 0.3) is 0 Å². The van der Waals surface area contributed by atoms with E-state index >= 15 is 0 Å². The molecule has 0 amide bonds. The normalized spacial score (nSPS) is 13.7. The Morgan fingerprint density at radius 2 is 1.88 bits per heavy atom. The molecule has 0 unspecified atom stereocenters. The largest absolute Gasteiger partial charge is 0.497 e. The van der Waals surface area contributed by atoms with Gasteiger partial charge in [-0.15, -0.1) is 0 Å². The van der Waals surface area contributed by atoms with Gasteiger partial charge in [0.1, 0.15) is 23.1 Å². The Morgan fingerprint density at radius 1 is 1.08 bits per heavy atom. The molecule has 4 rings (SSSR count). The summed E-state index contributed by atoms with van der Waals surface area (Å²) in [5.41, 5.74) is 3.03. The van der Waals surface area contributed by atoms with Gasteiger partial charge in [0, 0.05) is 23.7 Å². The topological polar surface area (TPSA) is 39.1 Å². The van der Waals surface area contributed by atoms with E-state index in [1.807, 2.05) is 24.3 Å². The fraction of sp³-hybridized carbons (Fsp3) is 0.250. The van der Waals surface area contributed by atoms with Gasteiger partial charge in [0.2, 0.25) is 0 Å². The summed E-state index contributed by atoms with van der Waals surface area (Å²) in [6.07, 6.45) is 2.91. The van der Waals surface area contributed by atoms with Gasteiger partial charge in [0.05, 0.1) is 12.8 Å².